The summed E-state index contributed by atoms with van der Waals surface area (Å²) in [5.41, 5.74) is 3.34. The van der Waals surface area contributed by atoms with E-state index in [4.69, 9.17) is 4.98 Å². The van der Waals surface area contributed by atoms with Crippen molar-refractivity contribution in [1.29, 1.82) is 0 Å². The number of likely N-dealkylation sites (tertiary alicyclic amines) is 1. The van der Waals surface area contributed by atoms with E-state index in [9.17, 15) is 4.79 Å². The van der Waals surface area contributed by atoms with Gasteiger partial charge >= 0.3 is 0 Å². The summed E-state index contributed by atoms with van der Waals surface area (Å²) in [5, 5.41) is 14.6. The molecule has 1 amide bonds. The van der Waals surface area contributed by atoms with Crippen LogP contribution in [-0.2, 0) is 17.6 Å². The molecule has 7 heteroatoms. The van der Waals surface area contributed by atoms with Crippen molar-refractivity contribution in [2.24, 2.45) is 5.92 Å². The van der Waals surface area contributed by atoms with Crippen molar-refractivity contribution in [2.45, 2.75) is 38.1 Å². The van der Waals surface area contributed by atoms with Gasteiger partial charge in [0, 0.05) is 30.1 Å². The van der Waals surface area contributed by atoms with E-state index >= 15 is 0 Å². The maximum atomic E-state index is 13.2. The molecule has 1 aromatic carbocycles. The predicted octanol–water partition coefficient (Wildman–Crippen LogP) is 2.66. The first-order valence-electron chi connectivity index (χ1n) is 9.59. The Hall–Kier alpha value is -2.96. The topological polar surface area (TPSA) is 90.6 Å². The maximum Gasteiger partial charge on any atom is 0.226 e. The number of hydrogen-bond donors (Lipinski definition) is 2. The van der Waals surface area contributed by atoms with Crippen LogP contribution in [0, 0.1) is 5.92 Å². The van der Waals surface area contributed by atoms with E-state index in [0.29, 0.717) is 5.82 Å². The fraction of sp³-hybridized carbons (Fsp3) is 0.400. The van der Waals surface area contributed by atoms with Crippen molar-refractivity contribution >= 4 is 5.91 Å². The number of benzene rings is 1. The van der Waals surface area contributed by atoms with E-state index in [2.05, 4.69) is 20.4 Å². The number of carbonyl (C=O) groups excluding carboxylic acids is 1. The second kappa shape index (κ2) is 6.64. The minimum absolute atomic E-state index is 0.00868. The third-order valence-electron chi connectivity index (χ3n) is 5.76. The Balaban J connectivity index is 1.35. The van der Waals surface area contributed by atoms with Crippen molar-refractivity contribution in [2.75, 3.05) is 6.54 Å². The summed E-state index contributed by atoms with van der Waals surface area (Å²) in [7, 11) is 0. The first-order chi connectivity index (χ1) is 13.3. The molecule has 2 aromatic heterocycles. The third kappa shape index (κ3) is 2.93. The second-order valence-corrected chi connectivity index (χ2v) is 7.41. The molecule has 138 valence electrons. The van der Waals surface area contributed by atoms with Gasteiger partial charge in [-0.15, -0.1) is 0 Å². The number of nitrogens with one attached hydrogen (secondary N) is 2. The van der Waals surface area contributed by atoms with Crippen LogP contribution in [0.3, 0.4) is 0 Å². The summed E-state index contributed by atoms with van der Waals surface area (Å²) in [4.78, 5) is 19.9. The molecule has 1 saturated heterocycles. The summed E-state index contributed by atoms with van der Waals surface area (Å²) in [5.74, 6) is 1.73. The van der Waals surface area contributed by atoms with Crippen LogP contribution >= 0.6 is 0 Å². The Morgan fingerprint density at radius 1 is 1.15 bits per heavy atom. The van der Waals surface area contributed by atoms with Gasteiger partial charge in [-0.2, -0.15) is 10.2 Å². The molecule has 27 heavy (non-hydrogen) atoms. The number of aromatic amines is 2. The quantitative estimate of drug-likeness (QED) is 0.749. The average Bonchev–Trinajstić information content (AvgIpc) is 3.47. The normalized spacial score (nSPS) is 22.0. The number of fused-ring (bicyclic) bond motifs is 1. The van der Waals surface area contributed by atoms with E-state index in [0.717, 1.165) is 55.7 Å². The van der Waals surface area contributed by atoms with Crippen molar-refractivity contribution in [1.82, 2.24) is 30.3 Å². The molecule has 0 bridgehead atoms. The molecular weight excluding hydrogens is 340 g/mol. The monoisotopic (exact) mass is 362 g/mol. The van der Waals surface area contributed by atoms with Gasteiger partial charge in [0.05, 0.1) is 12.2 Å². The molecular formula is C20H22N6O. The number of H-pyrrole nitrogens is 2. The van der Waals surface area contributed by atoms with Crippen LogP contribution < -0.4 is 0 Å². The largest absolute Gasteiger partial charge is 0.332 e. The number of rotatable bonds is 3. The zero-order chi connectivity index (χ0) is 18.2. The van der Waals surface area contributed by atoms with Gasteiger partial charge < -0.3 is 4.90 Å². The molecule has 2 N–H and O–H groups in total. The summed E-state index contributed by atoms with van der Waals surface area (Å²) in [6.45, 7) is 0.789. The van der Waals surface area contributed by atoms with Crippen LogP contribution in [0.15, 0.2) is 36.5 Å². The van der Waals surface area contributed by atoms with Crippen molar-refractivity contribution in [3.05, 3.63) is 53.6 Å². The van der Waals surface area contributed by atoms with Gasteiger partial charge in [-0.3, -0.25) is 15.0 Å². The first kappa shape index (κ1) is 16.2. The van der Waals surface area contributed by atoms with Gasteiger partial charge in [-0.05, 0) is 31.2 Å². The molecule has 2 atom stereocenters. The highest BCUT2D eigenvalue weighted by atomic mass is 16.2. The zero-order valence-corrected chi connectivity index (χ0v) is 15.1. The van der Waals surface area contributed by atoms with E-state index in [1.165, 1.54) is 5.56 Å². The molecule has 7 nitrogen and oxygen atoms in total. The van der Waals surface area contributed by atoms with E-state index in [1.807, 2.05) is 41.4 Å². The Labute approximate surface area is 157 Å². The SMILES string of the molecule is O=C(C1CCc2cn[nH]c2C1)N1CCCC1c1nc(-c2ccccc2)n[nH]1. The number of carbonyl (C=O) groups is 1. The van der Waals surface area contributed by atoms with Crippen LogP contribution in [-0.4, -0.2) is 42.7 Å². The lowest BCUT2D eigenvalue weighted by Gasteiger charge is -2.29. The van der Waals surface area contributed by atoms with E-state index < -0.39 is 0 Å². The highest BCUT2D eigenvalue weighted by molar-refractivity contribution is 5.80. The van der Waals surface area contributed by atoms with Gasteiger partial charge in [0.25, 0.3) is 0 Å². The summed E-state index contributed by atoms with van der Waals surface area (Å²) in [6.07, 6.45) is 6.37. The molecule has 3 aromatic rings. The molecule has 5 rings (SSSR count). The first-order valence-corrected chi connectivity index (χ1v) is 9.59. The smallest absolute Gasteiger partial charge is 0.226 e. The van der Waals surface area contributed by atoms with Gasteiger partial charge in [0.1, 0.15) is 5.82 Å². The molecule has 1 aliphatic carbocycles. The molecule has 1 aliphatic heterocycles. The standard InChI is InChI=1S/C20H22N6O/c27-20(14-8-9-15-12-21-23-16(15)11-14)26-10-4-7-17(26)19-22-18(24-25-19)13-5-2-1-3-6-13/h1-3,5-6,12,14,17H,4,7-11H2,(H,21,23)(H,22,24,25). The maximum absolute atomic E-state index is 13.2. The van der Waals surface area contributed by atoms with Crippen LogP contribution in [0.4, 0.5) is 0 Å². The highest BCUT2D eigenvalue weighted by Gasteiger charge is 2.37. The van der Waals surface area contributed by atoms with Crippen LogP contribution in [0.2, 0.25) is 0 Å². The molecule has 1 fully saturated rings. The number of aryl methyl sites for hydroxylation is 1. The predicted molar refractivity (Wildman–Crippen MR) is 99.6 cm³/mol. The Morgan fingerprint density at radius 3 is 2.93 bits per heavy atom. The van der Waals surface area contributed by atoms with Crippen LogP contribution in [0.1, 0.15) is 42.4 Å². The van der Waals surface area contributed by atoms with E-state index in [-0.39, 0.29) is 17.9 Å². The van der Waals surface area contributed by atoms with Crippen molar-refractivity contribution in [3.63, 3.8) is 0 Å². The fourth-order valence-electron chi connectivity index (χ4n) is 4.31. The minimum Gasteiger partial charge on any atom is -0.332 e. The molecule has 0 spiro atoms. The van der Waals surface area contributed by atoms with Gasteiger partial charge in [0.15, 0.2) is 5.82 Å². The second-order valence-electron chi connectivity index (χ2n) is 7.41. The summed E-state index contributed by atoms with van der Waals surface area (Å²) >= 11 is 0. The molecule has 2 unspecified atom stereocenters. The fourth-order valence-corrected chi connectivity index (χ4v) is 4.31. The lowest BCUT2D eigenvalue weighted by Crippen LogP contribution is -2.38. The number of nitrogens with zero attached hydrogens (tertiary/aromatic N) is 4. The van der Waals surface area contributed by atoms with Gasteiger partial charge in [-0.1, -0.05) is 30.3 Å². The number of aromatic nitrogens is 5. The minimum atomic E-state index is -0.00868. The van der Waals surface area contributed by atoms with Crippen LogP contribution in [0.5, 0.6) is 0 Å². The average molecular weight is 362 g/mol. The Bertz CT molecular complexity index is 946. The molecule has 0 saturated carbocycles. The zero-order valence-electron chi connectivity index (χ0n) is 15.1. The lowest BCUT2D eigenvalue weighted by atomic mass is 9.87. The van der Waals surface area contributed by atoms with Crippen molar-refractivity contribution in [3.8, 4) is 11.4 Å². The Morgan fingerprint density at radius 2 is 2.04 bits per heavy atom. The third-order valence-corrected chi connectivity index (χ3v) is 5.76. The van der Waals surface area contributed by atoms with E-state index in [1.54, 1.807) is 0 Å². The summed E-state index contributed by atoms with van der Waals surface area (Å²) < 4.78 is 0. The lowest BCUT2D eigenvalue weighted by molar-refractivity contribution is -0.137. The summed E-state index contributed by atoms with van der Waals surface area (Å²) in [6, 6.07) is 9.91. The van der Waals surface area contributed by atoms with Gasteiger partial charge in [-0.25, -0.2) is 4.98 Å². The molecule has 3 heterocycles. The van der Waals surface area contributed by atoms with Crippen molar-refractivity contribution < 1.29 is 4.79 Å². The highest BCUT2D eigenvalue weighted by Crippen LogP contribution is 2.34. The number of hydrogen-bond acceptors (Lipinski definition) is 4. The van der Waals surface area contributed by atoms with Gasteiger partial charge in [0.2, 0.25) is 5.91 Å². The molecule has 2 aliphatic rings. The van der Waals surface area contributed by atoms with Crippen LogP contribution in [0.25, 0.3) is 11.4 Å². The number of amides is 1. The Kier molecular flexibility index (Phi) is 3.99. The molecule has 0 radical (unpaired) electrons.